The van der Waals surface area contributed by atoms with Gasteiger partial charge in [-0.25, -0.2) is 4.79 Å². The van der Waals surface area contributed by atoms with E-state index in [0.717, 1.165) is 11.3 Å². The van der Waals surface area contributed by atoms with Crippen LogP contribution in [-0.2, 0) is 9.53 Å². The van der Waals surface area contributed by atoms with Crippen molar-refractivity contribution in [2.75, 3.05) is 25.0 Å². The van der Waals surface area contributed by atoms with Crippen molar-refractivity contribution in [1.82, 2.24) is 4.90 Å². The van der Waals surface area contributed by atoms with Crippen molar-refractivity contribution in [3.63, 3.8) is 0 Å². The lowest BCUT2D eigenvalue weighted by atomic mass is 10.1. The van der Waals surface area contributed by atoms with E-state index in [1.165, 1.54) is 6.08 Å². The van der Waals surface area contributed by atoms with Crippen LogP contribution in [0.1, 0.15) is 51.9 Å². The average molecular weight is 483 g/mol. The second kappa shape index (κ2) is 11.3. The second-order valence-electron chi connectivity index (χ2n) is 6.45. The second-order valence-corrected chi connectivity index (χ2v) is 8.31. The van der Waals surface area contributed by atoms with Crippen LogP contribution in [0.5, 0.6) is 0 Å². The zero-order valence-corrected chi connectivity index (χ0v) is 20.1. The summed E-state index contributed by atoms with van der Waals surface area (Å²) < 4.78 is 5.14. The Morgan fingerprint density at radius 1 is 1.16 bits per heavy atom. The number of carbonyl (C=O) groups is 3. The number of hydrogen-bond donors (Lipinski definition) is 1. The minimum atomic E-state index is -0.588. The molecule has 166 valence electrons. The van der Waals surface area contributed by atoms with E-state index in [-0.39, 0.29) is 23.1 Å². The van der Waals surface area contributed by atoms with Crippen molar-refractivity contribution in [1.29, 1.82) is 0 Å². The largest absolute Gasteiger partial charge is 0.462 e. The minimum Gasteiger partial charge on any atom is -0.462 e. The number of amides is 2. The van der Waals surface area contributed by atoms with E-state index in [1.54, 1.807) is 43.0 Å². The molecule has 0 saturated carbocycles. The van der Waals surface area contributed by atoms with E-state index in [4.69, 9.17) is 27.9 Å². The molecule has 0 spiro atoms. The number of nitrogens with zero attached hydrogens (tertiary/aromatic N) is 1. The summed E-state index contributed by atoms with van der Waals surface area (Å²) in [6.45, 7) is 8.38. The van der Waals surface area contributed by atoms with Crippen LogP contribution in [0.2, 0.25) is 10.0 Å². The minimum absolute atomic E-state index is 0.176. The van der Waals surface area contributed by atoms with Gasteiger partial charge in [-0.1, -0.05) is 29.3 Å². The molecule has 0 fully saturated rings. The summed E-state index contributed by atoms with van der Waals surface area (Å²) in [6.07, 6.45) is 2.84. The Labute approximate surface area is 195 Å². The van der Waals surface area contributed by atoms with Gasteiger partial charge in [-0.2, -0.15) is 0 Å². The highest BCUT2D eigenvalue weighted by Crippen LogP contribution is 2.34. The zero-order chi connectivity index (χ0) is 23.1. The highest BCUT2D eigenvalue weighted by molar-refractivity contribution is 7.18. The maximum atomic E-state index is 12.9. The van der Waals surface area contributed by atoms with Gasteiger partial charge in [0.25, 0.3) is 5.91 Å². The number of benzene rings is 1. The maximum absolute atomic E-state index is 12.9. The molecule has 31 heavy (non-hydrogen) atoms. The summed E-state index contributed by atoms with van der Waals surface area (Å²) in [7, 11) is 0. The van der Waals surface area contributed by atoms with Gasteiger partial charge in [0.05, 0.1) is 17.0 Å². The Bertz CT molecular complexity index is 1010. The number of thiophene rings is 1. The van der Waals surface area contributed by atoms with Crippen LogP contribution in [0.25, 0.3) is 6.08 Å². The number of hydrogen-bond acceptors (Lipinski definition) is 5. The smallest absolute Gasteiger partial charge is 0.341 e. The van der Waals surface area contributed by atoms with Crippen molar-refractivity contribution in [2.24, 2.45) is 0 Å². The summed E-state index contributed by atoms with van der Waals surface area (Å²) in [6, 6.07) is 4.93. The van der Waals surface area contributed by atoms with Gasteiger partial charge in [0.2, 0.25) is 5.91 Å². The van der Waals surface area contributed by atoms with Crippen molar-refractivity contribution < 1.29 is 19.1 Å². The fraction of sp³-hybridized carbons (Fsp3) is 0.318. The molecule has 2 rings (SSSR count). The van der Waals surface area contributed by atoms with E-state index < -0.39 is 11.9 Å². The molecule has 0 bridgehead atoms. The van der Waals surface area contributed by atoms with Gasteiger partial charge in [-0.05, 0) is 57.0 Å². The number of ether oxygens (including phenoxy) is 1. The van der Waals surface area contributed by atoms with Crippen LogP contribution in [0, 0.1) is 6.92 Å². The maximum Gasteiger partial charge on any atom is 0.341 e. The molecule has 1 aromatic heterocycles. The predicted octanol–water partition coefficient (Wildman–Crippen LogP) is 5.67. The monoisotopic (exact) mass is 482 g/mol. The Morgan fingerprint density at radius 2 is 1.84 bits per heavy atom. The molecule has 0 unspecified atom stereocenters. The Kier molecular flexibility index (Phi) is 9.10. The molecule has 0 aliphatic heterocycles. The van der Waals surface area contributed by atoms with Crippen LogP contribution in [0.15, 0.2) is 24.3 Å². The van der Waals surface area contributed by atoms with E-state index >= 15 is 0 Å². The predicted molar refractivity (Wildman–Crippen MR) is 126 cm³/mol. The molecule has 9 heteroatoms. The van der Waals surface area contributed by atoms with Gasteiger partial charge in [-0.15, -0.1) is 11.3 Å². The molecular formula is C22H24Cl2N2O4S. The molecule has 0 saturated heterocycles. The van der Waals surface area contributed by atoms with Crippen molar-refractivity contribution in [3.8, 4) is 0 Å². The molecule has 1 aromatic carbocycles. The molecule has 1 N–H and O–H groups in total. The first-order valence-electron chi connectivity index (χ1n) is 9.77. The number of anilines is 1. The molecule has 0 radical (unpaired) electrons. The highest BCUT2D eigenvalue weighted by atomic mass is 35.5. The SMILES string of the molecule is CCOC(=O)c1c(NC(=O)/C=C\c2ccc(Cl)cc2Cl)sc(C(=O)N(CC)CC)c1C. The van der Waals surface area contributed by atoms with Crippen LogP contribution >= 0.6 is 34.5 Å². The fourth-order valence-corrected chi connectivity index (χ4v) is 4.50. The Balaban J connectivity index is 2.36. The first-order valence-corrected chi connectivity index (χ1v) is 11.3. The Hall–Kier alpha value is -2.35. The number of esters is 1. The molecule has 6 nitrogen and oxygen atoms in total. The fourth-order valence-electron chi connectivity index (χ4n) is 2.86. The van der Waals surface area contributed by atoms with Crippen LogP contribution in [-0.4, -0.2) is 42.4 Å². The highest BCUT2D eigenvalue weighted by Gasteiger charge is 2.28. The number of carbonyl (C=O) groups excluding carboxylic acids is 3. The summed E-state index contributed by atoms with van der Waals surface area (Å²) in [5, 5.41) is 3.86. The standard InChI is InChI=1S/C22H24Cl2N2O4S/c1-5-26(6-2)21(28)19-13(4)18(22(29)30-7-3)20(31-19)25-17(27)11-9-14-8-10-15(23)12-16(14)24/h8-12H,5-7H2,1-4H3,(H,25,27)/b11-9-. The van der Waals surface area contributed by atoms with Gasteiger partial charge >= 0.3 is 5.97 Å². The van der Waals surface area contributed by atoms with Gasteiger partial charge in [0.15, 0.2) is 0 Å². The molecule has 0 atom stereocenters. The normalized spacial score (nSPS) is 10.9. The lowest BCUT2D eigenvalue weighted by Gasteiger charge is -2.18. The van der Waals surface area contributed by atoms with Crippen LogP contribution in [0.3, 0.4) is 0 Å². The summed E-state index contributed by atoms with van der Waals surface area (Å²) in [4.78, 5) is 40.0. The van der Waals surface area contributed by atoms with Crippen molar-refractivity contribution in [3.05, 3.63) is 55.9 Å². The molecule has 0 aliphatic rings. The van der Waals surface area contributed by atoms with E-state index in [0.29, 0.717) is 39.1 Å². The molecule has 2 aromatic rings. The Morgan fingerprint density at radius 3 is 2.42 bits per heavy atom. The van der Waals surface area contributed by atoms with Crippen LogP contribution in [0.4, 0.5) is 5.00 Å². The number of halogens is 2. The van der Waals surface area contributed by atoms with Crippen LogP contribution < -0.4 is 5.32 Å². The molecule has 0 aliphatic carbocycles. The van der Waals surface area contributed by atoms with E-state index in [2.05, 4.69) is 5.32 Å². The topological polar surface area (TPSA) is 75.7 Å². The average Bonchev–Trinajstić information content (AvgIpc) is 3.04. The number of nitrogens with one attached hydrogen (secondary N) is 1. The first kappa shape index (κ1) is 24.9. The lowest BCUT2D eigenvalue weighted by Crippen LogP contribution is -2.30. The van der Waals surface area contributed by atoms with Gasteiger partial charge < -0.3 is 15.0 Å². The quantitative estimate of drug-likeness (QED) is 0.388. The zero-order valence-electron chi connectivity index (χ0n) is 17.8. The molecule has 2 amide bonds. The summed E-state index contributed by atoms with van der Waals surface area (Å²) in [5.74, 6) is -1.25. The van der Waals surface area contributed by atoms with E-state index in [9.17, 15) is 14.4 Å². The van der Waals surface area contributed by atoms with Gasteiger partial charge in [-0.3, -0.25) is 9.59 Å². The van der Waals surface area contributed by atoms with Gasteiger partial charge in [0.1, 0.15) is 5.00 Å². The molecular weight excluding hydrogens is 459 g/mol. The number of rotatable bonds is 8. The molecule has 1 heterocycles. The third-order valence-corrected chi connectivity index (χ3v) is 6.24. The van der Waals surface area contributed by atoms with E-state index in [1.807, 2.05) is 13.8 Å². The summed E-state index contributed by atoms with van der Waals surface area (Å²) >= 11 is 13.1. The third-order valence-electron chi connectivity index (χ3n) is 4.48. The third kappa shape index (κ3) is 6.09. The van der Waals surface area contributed by atoms with Crippen molar-refractivity contribution in [2.45, 2.75) is 27.7 Å². The summed E-state index contributed by atoms with van der Waals surface area (Å²) in [5.41, 5.74) is 1.29. The lowest BCUT2D eigenvalue weighted by molar-refractivity contribution is -0.111. The first-order chi connectivity index (χ1) is 14.7. The van der Waals surface area contributed by atoms with Crippen molar-refractivity contribution >= 4 is 63.4 Å². The van der Waals surface area contributed by atoms with Gasteiger partial charge in [0, 0.05) is 29.2 Å².